The van der Waals surface area contributed by atoms with Crippen molar-refractivity contribution in [2.75, 3.05) is 20.7 Å². The number of hydrogen-bond acceptors (Lipinski definition) is 5. The maximum absolute atomic E-state index is 10.9. The summed E-state index contributed by atoms with van der Waals surface area (Å²) in [6.45, 7) is 2.01. The molecule has 0 aromatic rings. The van der Waals surface area contributed by atoms with E-state index in [4.69, 9.17) is 4.74 Å². The predicted molar refractivity (Wildman–Crippen MR) is 50.7 cm³/mol. The fourth-order valence-electron chi connectivity index (χ4n) is 1.01. The fraction of sp³-hybridized carbons (Fsp3) is 0.778. The largest absolute Gasteiger partial charge is 0.469 e. The first kappa shape index (κ1) is 12.9. The van der Waals surface area contributed by atoms with Crippen LogP contribution in [0.3, 0.4) is 0 Å². The SMILES string of the molecule is CNCCC(CC(=O)OC)OC(C)=O. The van der Waals surface area contributed by atoms with E-state index in [-0.39, 0.29) is 18.4 Å². The Morgan fingerprint density at radius 3 is 2.50 bits per heavy atom. The van der Waals surface area contributed by atoms with E-state index in [1.165, 1.54) is 14.0 Å². The lowest BCUT2D eigenvalue weighted by molar-refractivity contribution is -0.152. The summed E-state index contributed by atoms with van der Waals surface area (Å²) in [5, 5.41) is 2.92. The van der Waals surface area contributed by atoms with Gasteiger partial charge in [0.15, 0.2) is 0 Å². The van der Waals surface area contributed by atoms with Crippen molar-refractivity contribution in [3.05, 3.63) is 0 Å². The molecule has 1 N–H and O–H groups in total. The van der Waals surface area contributed by atoms with Gasteiger partial charge in [-0.2, -0.15) is 0 Å². The standard InChI is InChI=1S/C9H17NO4/c1-7(11)14-8(4-5-10-2)6-9(12)13-3/h8,10H,4-6H2,1-3H3. The molecule has 1 atom stereocenters. The van der Waals surface area contributed by atoms with Crippen LogP contribution in [0.5, 0.6) is 0 Å². The van der Waals surface area contributed by atoms with Crippen molar-refractivity contribution >= 4 is 11.9 Å². The van der Waals surface area contributed by atoms with Crippen molar-refractivity contribution in [1.82, 2.24) is 5.32 Å². The third kappa shape index (κ3) is 6.42. The summed E-state index contributed by atoms with van der Waals surface area (Å²) in [7, 11) is 3.11. The number of rotatable bonds is 6. The number of nitrogens with one attached hydrogen (secondary N) is 1. The fourth-order valence-corrected chi connectivity index (χ4v) is 1.01. The zero-order chi connectivity index (χ0) is 11.0. The number of carbonyl (C=O) groups is 2. The monoisotopic (exact) mass is 203 g/mol. The summed E-state index contributed by atoms with van der Waals surface area (Å²) >= 11 is 0. The molecule has 0 saturated heterocycles. The molecule has 0 saturated carbocycles. The molecular formula is C9H17NO4. The first-order chi connectivity index (χ1) is 6.60. The Balaban J connectivity index is 3.96. The molecule has 0 aliphatic rings. The molecule has 0 rings (SSSR count). The van der Waals surface area contributed by atoms with Crippen molar-refractivity contribution in [3.8, 4) is 0 Å². The zero-order valence-electron chi connectivity index (χ0n) is 8.83. The number of esters is 2. The van der Waals surface area contributed by atoms with Gasteiger partial charge in [-0.3, -0.25) is 9.59 Å². The summed E-state index contributed by atoms with van der Waals surface area (Å²) in [4.78, 5) is 21.6. The van der Waals surface area contributed by atoms with E-state index in [1.54, 1.807) is 7.05 Å². The highest BCUT2D eigenvalue weighted by Crippen LogP contribution is 2.05. The summed E-state index contributed by atoms with van der Waals surface area (Å²) in [6, 6.07) is 0. The normalized spacial score (nSPS) is 11.9. The van der Waals surface area contributed by atoms with Crippen molar-refractivity contribution in [2.24, 2.45) is 0 Å². The van der Waals surface area contributed by atoms with E-state index in [0.717, 1.165) is 0 Å². The van der Waals surface area contributed by atoms with Gasteiger partial charge in [0.2, 0.25) is 0 Å². The van der Waals surface area contributed by atoms with Gasteiger partial charge in [-0.15, -0.1) is 0 Å². The smallest absolute Gasteiger partial charge is 0.309 e. The van der Waals surface area contributed by atoms with Crippen LogP contribution in [-0.4, -0.2) is 38.7 Å². The molecule has 0 radical (unpaired) electrons. The summed E-state index contributed by atoms with van der Waals surface area (Å²) in [5.74, 6) is -0.748. The molecule has 0 aliphatic heterocycles. The van der Waals surface area contributed by atoms with Crippen molar-refractivity contribution < 1.29 is 19.1 Å². The third-order valence-electron chi connectivity index (χ3n) is 1.67. The second-order valence-electron chi connectivity index (χ2n) is 2.90. The van der Waals surface area contributed by atoms with E-state index < -0.39 is 6.10 Å². The number of methoxy groups -OCH3 is 1. The zero-order valence-corrected chi connectivity index (χ0v) is 8.83. The molecule has 5 nitrogen and oxygen atoms in total. The van der Waals surface area contributed by atoms with Crippen molar-refractivity contribution in [2.45, 2.75) is 25.9 Å². The van der Waals surface area contributed by atoms with Crippen LogP contribution in [0.15, 0.2) is 0 Å². The maximum Gasteiger partial charge on any atom is 0.309 e. The van der Waals surface area contributed by atoms with E-state index >= 15 is 0 Å². The van der Waals surface area contributed by atoms with Crippen molar-refractivity contribution in [3.63, 3.8) is 0 Å². The number of ether oxygens (including phenoxy) is 2. The number of carbonyl (C=O) groups excluding carboxylic acids is 2. The molecule has 82 valence electrons. The van der Waals surface area contributed by atoms with Gasteiger partial charge in [0.1, 0.15) is 6.10 Å². The average Bonchev–Trinajstić information content (AvgIpc) is 2.13. The predicted octanol–water partition coefficient (Wildman–Crippen LogP) is 0.0907. The highest BCUT2D eigenvalue weighted by molar-refractivity contribution is 5.71. The van der Waals surface area contributed by atoms with E-state index in [9.17, 15) is 9.59 Å². The first-order valence-electron chi connectivity index (χ1n) is 4.48. The second kappa shape index (κ2) is 7.32. The number of hydrogen-bond donors (Lipinski definition) is 1. The van der Waals surface area contributed by atoms with Gasteiger partial charge >= 0.3 is 11.9 Å². The lowest BCUT2D eigenvalue weighted by atomic mass is 10.2. The third-order valence-corrected chi connectivity index (χ3v) is 1.67. The van der Waals surface area contributed by atoms with Gasteiger partial charge in [-0.05, 0) is 20.0 Å². The van der Waals surface area contributed by atoms with Crippen LogP contribution in [0.4, 0.5) is 0 Å². The Hall–Kier alpha value is -1.10. The second-order valence-corrected chi connectivity index (χ2v) is 2.90. The van der Waals surface area contributed by atoms with Gasteiger partial charge in [0, 0.05) is 6.92 Å². The Kier molecular flexibility index (Phi) is 6.74. The van der Waals surface area contributed by atoms with Gasteiger partial charge in [-0.25, -0.2) is 0 Å². The Morgan fingerprint density at radius 1 is 1.43 bits per heavy atom. The van der Waals surface area contributed by atoms with Gasteiger partial charge in [0.05, 0.1) is 13.5 Å². The molecule has 14 heavy (non-hydrogen) atoms. The molecule has 0 aliphatic carbocycles. The molecule has 0 heterocycles. The topological polar surface area (TPSA) is 64.6 Å². The minimum atomic E-state index is -0.396. The molecule has 0 bridgehead atoms. The van der Waals surface area contributed by atoms with Crippen LogP contribution >= 0.6 is 0 Å². The molecule has 0 spiro atoms. The quantitative estimate of drug-likeness (QED) is 0.620. The van der Waals surface area contributed by atoms with Crippen LogP contribution in [0.25, 0.3) is 0 Å². The average molecular weight is 203 g/mol. The van der Waals surface area contributed by atoms with Crippen LogP contribution in [0, 0.1) is 0 Å². The molecule has 1 unspecified atom stereocenters. The highest BCUT2D eigenvalue weighted by atomic mass is 16.6. The molecule has 0 aromatic carbocycles. The summed E-state index contributed by atoms with van der Waals surface area (Å²) < 4.78 is 9.44. The molecule has 5 heteroatoms. The Labute approximate surface area is 83.8 Å². The minimum Gasteiger partial charge on any atom is -0.469 e. The lowest BCUT2D eigenvalue weighted by Gasteiger charge is -2.15. The summed E-state index contributed by atoms with van der Waals surface area (Å²) in [5.41, 5.74) is 0. The van der Waals surface area contributed by atoms with E-state index in [1.807, 2.05) is 0 Å². The molecular weight excluding hydrogens is 186 g/mol. The van der Waals surface area contributed by atoms with Crippen molar-refractivity contribution in [1.29, 1.82) is 0 Å². The van der Waals surface area contributed by atoms with Gasteiger partial charge in [0.25, 0.3) is 0 Å². The van der Waals surface area contributed by atoms with Crippen LogP contribution in [0.1, 0.15) is 19.8 Å². The minimum absolute atomic E-state index is 0.109. The van der Waals surface area contributed by atoms with Gasteiger partial charge in [-0.1, -0.05) is 0 Å². The molecule has 0 fully saturated rings. The Morgan fingerprint density at radius 2 is 2.07 bits per heavy atom. The first-order valence-corrected chi connectivity index (χ1v) is 4.48. The summed E-state index contributed by atoms with van der Waals surface area (Å²) in [6.07, 6.45) is 0.315. The maximum atomic E-state index is 10.9. The van der Waals surface area contributed by atoms with Crippen LogP contribution in [-0.2, 0) is 19.1 Å². The van der Waals surface area contributed by atoms with Crippen LogP contribution in [0.2, 0.25) is 0 Å². The van der Waals surface area contributed by atoms with E-state index in [0.29, 0.717) is 13.0 Å². The van der Waals surface area contributed by atoms with E-state index in [2.05, 4.69) is 10.1 Å². The van der Waals surface area contributed by atoms with Gasteiger partial charge < -0.3 is 14.8 Å². The van der Waals surface area contributed by atoms with Crippen LogP contribution < -0.4 is 5.32 Å². The lowest BCUT2D eigenvalue weighted by Crippen LogP contribution is -2.25. The molecule has 0 aromatic heterocycles. The highest BCUT2D eigenvalue weighted by Gasteiger charge is 2.16. The Bertz CT molecular complexity index is 193. The molecule has 0 amide bonds.